The third-order valence-electron chi connectivity index (χ3n) is 4.72. The average Bonchev–Trinajstić information content (AvgIpc) is 3.27. The summed E-state index contributed by atoms with van der Waals surface area (Å²) >= 11 is 0. The maximum absolute atomic E-state index is 12.9. The number of aromatic nitrogens is 1. The first-order valence-electron chi connectivity index (χ1n) is 9.36. The van der Waals surface area contributed by atoms with Gasteiger partial charge >= 0.3 is 0 Å². The van der Waals surface area contributed by atoms with Crippen LogP contribution in [0.2, 0.25) is 0 Å². The van der Waals surface area contributed by atoms with E-state index in [1.165, 1.54) is 0 Å². The van der Waals surface area contributed by atoms with Crippen molar-refractivity contribution in [3.8, 4) is 11.5 Å². The Hall–Kier alpha value is -3.21. The molecule has 0 radical (unpaired) electrons. The van der Waals surface area contributed by atoms with Gasteiger partial charge in [0.25, 0.3) is 0 Å². The highest BCUT2D eigenvalue weighted by Crippen LogP contribution is 2.27. The van der Waals surface area contributed by atoms with Crippen molar-refractivity contribution in [2.45, 2.75) is 18.9 Å². The van der Waals surface area contributed by atoms with E-state index < -0.39 is 0 Å². The van der Waals surface area contributed by atoms with Crippen LogP contribution in [0.25, 0.3) is 0 Å². The van der Waals surface area contributed by atoms with Gasteiger partial charge in [-0.25, -0.2) is 0 Å². The van der Waals surface area contributed by atoms with E-state index in [4.69, 9.17) is 9.47 Å². The van der Waals surface area contributed by atoms with Crippen LogP contribution in [0, 0.1) is 0 Å². The molecule has 0 bridgehead atoms. The lowest BCUT2D eigenvalue weighted by Gasteiger charge is -2.19. The van der Waals surface area contributed by atoms with Crippen LogP contribution < -0.4 is 14.8 Å². The van der Waals surface area contributed by atoms with E-state index in [0.717, 1.165) is 17.5 Å². The summed E-state index contributed by atoms with van der Waals surface area (Å²) in [5.41, 5.74) is 2.22. The minimum absolute atomic E-state index is 0.0144. The number of carbonyl (C=O) groups excluding carboxylic acids is 1. The third kappa shape index (κ3) is 4.94. The number of nitrogens with one attached hydrogen (secondary N) is 1. The molecule has 0 fully saturated rings. The van der Waals surface area contributed by atoms with Crippen LogP contribution in [0.4, 0.5) is 0 Å². The van der Waals surface area contributed by atoms with E-state index in [1.54, 1.807) is 14.2 Å². The van der Waals surface area contributed by atoms with E-state index in [2.05, 4.69) is 5.32 Å². The van der Waals surface area contributed by atoms with Crippen molar-refractivity contribution in [2.75, 3.05) is 20.8 Å². The maximum atomic E-state index is 12.9. The fraction of sp³-hybridized carbons (Fsp3) is 0.261. The minimum atomic E-state index is -0.275. The lowest BCUT2D eigenvalue weighted by atomic mass is 10.0. The van der Waals surface area contributed by atoms with Gasteiger partial charge in [0.05, 0.1) is 14.2 Å². The molecule has 1 heterocycles. The predicted molar refractivity (Wildman–Crippen MR) is 110 cm³/mol. The average molecular weight is 378 g/mol. The quantitative estimate of drug-likeness (QED) is 0.618. The van der Waals surface area contributed by atoms with E-state index in [9.17, 15) is 4.79 Å². The van der Waals surface area contributed by atoms with E-state index in [1.807, 2.05) is 77.6 Å². The summed E-state index contributed by atoms with van der Waals surface area (Å²) in [7, 11) is 3.24. The summed E-state index contributed by atoms with van der Waals surface area (Å²) in [6, 6.07) is 19.5. The molecule has 0 saturated carbocycles. The molecule has 0 aliphatic rings. The molecule has 5 heteroatoms. The second-order valence-corrected chi connectivity index (χ2v) is 6.57. The molecule has 0 aliphatic carbocycles. The Labute approximate surface area is 165 Å². The smallest absolute Gasteiger partial charge is 0.243 e. The number of hydrogen-bond donors (Lipinski definition) is 1. The zero-order chi connectivity index (χ0) is 19.8. The van der Waals surface area contributed by atoms with Gasteiger partial charge in [0.2, 0.25) is 5.91 Å². The van der Waals surface area contributed by atoms with Crippen molar-refractivity contribution in [3.63, 3.8) is 0 Å². The summed E-state index contributed by atoms with van der Waals surface area (Å²) in [6.07, 6.45) is 5.23. The highest BCUT2D eigenvalue weighted by Gasteiger charge is 2.19. The van der Waals surface area contributed by atoms with Gasteiger partial charge in [-0.05, 0) is 41.8 Å². The van der Waals surface area contributed by atoms with Crippen molar-refractivity contribution >= 4 is 5.91 Å². The zero-order valence-corrected chi connectivity index (χ0v) is 16.3. The van der Waals surface area contributed by atoms with Gasteiger partial charge in [0.1, 0.15) is 6.04 Å². The topological polar surface area (TPSA) is 52.5 Å². The summed E-state index contributed by atoms with van der Waals surface area (Å²) in [4.78, 5) is 12.9. The van der Waals surface area contributed by atoms with Crippen LogP contribution in [0.5, 0.6) is 11.5 Å². The molecular weight excluding hydrogens is 352 g/mol. The standard InChI is InChI=1S/C23H26N2O3/c1-27-21-11-10-19(17-22(21)28-2)12-13-24-23(26)20(25-14-6-7-15-25)16-18-8-4-3-5-9-18/h3-11,14-15,17,20H,12-13,16H2,1-2H3,(H,24,26)/t20-/m1/s1. The van der Waals surface area contributed by atoms with Crippen LogP contribution >= 0.6 is 0 Å². The number of hydrogen-bond acceptors (Lipinski definition) is 3. The number of benzene rings is 2. The number of ether oxygens (including phenoxy) is 2. The number of amides is 1. The first-order chi connectivity index (χ1) is 13.7. The van der Waals surface area contributed by atoms with E-state index in [-0.39, 0.29) is 11.9 Å². The van der Waals surface area contributed by atoms with Crippen LogP contribution in [0.15, 0.2) is 73.1 Å². The van der Waals surface area contributed by atoms with Crippen LogP contribution in [-0.2, 0) is 17.6 Å². The SMILES string of the molecule is COc1ccc(CCNC(=O)[C@@H](Cc2ccccc2)n2cccc2)cc1OC. The Morgan fingerprint density at radius 3 is 2.32 bits per heavy atom. The first-order valence-corrected chi connectivity index (χ1v) is 9.36. The minimum Gasteiger partial charge on any atom is -0.493 e. The molecule has 1 amide bonds. The highest BCUT2D eigenvalue weighted by atomic mass is 16.5. The Kier molecular flexibility index (Phi) is 6.73. The molecule has 146 valence electrons. The number of methoxy groups -OCH3 is 2. The summed E-state index contributed by atoms with van der Waals surface area (Å²) < 4.78 is 12.6. The molecule has 28 heavy (non-hydrogen) atoms. The van der Waals surface area contributed by atoms with Crippen molar-refractivity contribution < 1.29 is 14.3 Å². The lowest BCUT2D eigenvalue weighted by molar-refractivity contribution is -0.124. The Morgan fingerprint density at radius 2 is 1.64 bits per heavy atom. The van der Waals surface area contributed by atoms with Gasteiger partial charge in [0.15, 0.2) is 11.5 Å². The van der Waals surface area contributed by atoms with Crippen LogP contribution in [0.3, 0.4) is 0 Å². The molecule has 0 unspecified atom stereocenters. The van der Waals surface area contributed by atoms with Crippen molar-refractivity contribution in [3.05, 3.63) is 84.2 Å². The molecule has 3 aromatic rings. The zero-order valence-electron chi connectivity index (χ0n) is 16.3. The second-order valence-electron chi connectivity index (χ2n) is 6.57. The molecule has 0 spiro atoms. The third-order valence-corrected chi connectivity index (χ3v) is 4.72. The number of rotatable bonds is 9. The van der Waals surface area contributed by atoms with Crippen LogP contribution in [-0.4, -0.2) is 31.2 Å². The van der Waals surface area contributed by atoms with Crippen molar-refractivity contribution in [1.29, 1.82) is 0 Å². The highest BCUT2D eigenvalue weighted by molar-refractivity contribution is 5.80. The summed E-state index contributed by atoms with van der Waals surface area (Å²) in [5, 5.41) is 3.07. The molecule has 1 N–H and O–H groups in total. The molecule has 1 aromatic heterocycles. The normalized spacial score (nSPS) is 11.6. The molecular formula is C23H26N2O3. The molecule has 1 atom stereocenters. The monoisotopic (exact) mass is 378 g/mol. The molecule has 3 rings (SSSR count). The van der Waals surface area contributed by atoms with Crippen LogP contribution in [0.1, 0.15) is 17.2 Å². The number of carbonyl (C=O) groups is 1. The fourth-order valence-corrected chi connectivity index (χ4v) is 3.21. The summed E-state index contributed by atoms with van der Waals surface area (Å²) in [6.45, 7) is 0.556. The number of nitrogens with zero attached hydrogens (tertiary/aromatic N) is 1. The van der Waals surface area contributed by atoms with Gasteiger partial charge < -0.3 is 19.4 Å². The first kappa shape index (κ1) is 19.5. The van der Waals surface area contributed by atoms with Gasteiger partial charge in [-0.1, -0.05) is 36.4 Å². The van der Waals surface area contributed by atoms with Gasteiger partial charge in [-0.3, -0.25) is 4.79 Å². The summed E-state index contributed by atoms with van der Waals surface area (Å²) in [5.74, 6) is 1.41. The fourth-order valence-electron chi connectivity index (χ4n) is 3.21. The predicted octanol–water partition coefficient (Wildman–Crippen LogP) is 3.65. The molecule has 0 saturated heterocycles. The van der Waals surface area contributed by atoms with Gasteiger partial charge in [-0.15, -0.1) is 0 Å². The molecule has 5 nitrogen and oxygen atoms in total. The largest absolute Gasteiger partial charge is 0.493 e. The van der Waals surface area contributed by atoms with E-state index in [0.29, 0.717) is 24.5 Å². The van der Waals surface area contributed by atoms with E-state index >= 15 is 0 Å². The molecule has 0 aliphatic heterocycles. The Bertz CT molecular complexity index is 876. The van der Waals surface area contributed by atoms with Gasteiger partial charge in [0, 0.05) is 25.4 Å². The van der Waals surface area contributed by atoms with Crippen molar-refractivity contribution in [2.24, 2.45) is 0 Å². The second kappa shape index (κ2) is 9.65. The van der Waals surface area contributed by atoms with Crippen molar-refractivity contribution in [1.82, 2.24) is 9.88 Å². The Morgan fingerprint density at radius 1 is 0.929 bits per heavy atom. The van der Waals surface area contributed by atoms with Gasteiger partial charge in [-0.2, -0.15) is 0 Å². The molecule has 2 aromatic carbocycles. The lowest BCUT2D eigenvalue weighted by Crippen LogP contribution is -2.34. The Balaban J connectivity index is 1.62. The maximum Gasteiger partial charge on any atom is 0.243 e.